The van der Waals surface area contributed by atoms with Crippen LogP contribution in [0, 0.1) is 0 Å². The normalized spacial score (nSPS) is 15.0. The fraction of sp³-hybridized carbons (Fsp3) is 0.286. The zero-order valence-electron chi connectivity index (χ0n) is 15.7. The molecule has 3 heterocycles. The number of carbonyl (C=O) groups is 1. The molecule has 0 N–H and O–H groups in total. The van der Waals surface area contributed by atoms with Crippen LogP contribution >= 0.6 is 0 Å². The van der Waals surface area contributed by atoms with Gasteiger partial charge in [0.2, 0.25) is 0 Å². The predicted octanol–water partition coefficient (Wildman–Crippen LogP) is 1.66. The summed E-state index contributed by atoms with van der Waals surface area (Å²) < 4.78 is 6.84. The first kappa shape index (κ1) is 18.2. The zero-order chi connectivity index (χ0) is 19.5. The number of benzene rings is 1. The largest absolute Gasteiger partial charge is 0.496 e. The van der Waals surface area contributed by atoms with Gasteiger partial charge in [-0.2, -0.15) is 0 Å². The molecule has 1 aliphatic rings. The maximum Gasteiger partial charge on any atom is 0.258 e. The molecule has 7 heteroatoms. The van der Waals surface area contributed by atoms with Crippen molar-refractivity contribution in [3.05, 3.63) is 76.3 Å². The Morgan fingerprint density at radius 3 is 2.61 bits per heavy atom. The molecule has 3 aromatic rings. The molecule has 0 aliphatic carbocycles. The van der Waals surface area contributed by atoms with Crippen molar-refractivity contribution in [2.45, 2.75) is 6.54 Å². The summed E-state index contributed by atoms with van der Waals surface area (Å²) in [5.41, 5.74) is 1.91. The van der Waals surface area contributed by atoms with Crippen LogP contribution in [0.4, 0.5) is 0 Å². The topological polar surface area (TPSA) is 67.2 Å². The lowest BCUT2D eigenvalue weighted by molar-refractivity contribution is 0.0624. The molecule has 0 atom stereocenters. The molecule has 4 rings (SSSR count). The monoisotopic (exact) mass is 378 g/mol. The molecule has 0 saturated carbocycles. The minimum atomic E-state index is -0.0782. The molecule has 0 bridgehead atoms. The third-order valence-electron chi connectivity index (χ3n) is 5.01. The SMILES string of the molecule is COc1ccccc1C(=O)N1CCN(Cc2cc(=O)n3ccccc3n2)CC1. The van der Waals surface area contributed by atoms with Crippen LogP contribution in [0.15, 0.2) is 59.5 Å². The highest BCUT2D eigenvalue weighted by Crippen LogP contribution is 2.20. The number of rotatable bonds is 4. The van der Waals surface area contributed by atoms with Crippen molar-refractivity contribution < 1.29 is 9.53 Å². The number of amides is 1. The Bertz CT molecular complexity index is 1050. The first-order valence-electron chi connectivity index (χ1n) is 9.27. The van der Waals surface area contributed by atoms with Crippen molar-refractivity contribution in [3.63, 3.8) is 0 Å². The first-order chi connectivity index (χ1) is 13.7. The highest BCUT2D eigenvalue weighted by atomic mass is 16.5. The standard InChI is InChI=1S/C21H22N4O3/c1-28-18-7-3-2-6-17(18)21(27)24-12-10-23(11-13-24)15-16-14-20(26)25-9-5-4-8-19(25)22-16/h2-9,14H,10-13,15H2,1H3. The molecule has 1 saturated heterocycles. The number of methoxy groups -OCH3 is 1. The minimum Gasteiger partial charge on any atom is -0.496 e. The van der Waals surface area contributed by atoms with Gasteiger partial charge in [-0.05, 0) is 24.3 Å². The molecule has 28 heavy (non-hydrogen) atoms. The molecule has 144 valence electrons. The first-order valence-corrected chi connectivity index (χ1v) is 9.27. The molecule has 1 aromatic carbocycles. The van der Waals surface area contributed by atoms with E-state index in [0.717, 1.165) is 18.8 Å². The second-order valence-corrected chi connectivity index (χ2v) is 6.78. The molecule has 2 aromatic heterocycles. The fourth-order valence-electron chi connectivity index (χ4n) is 3.51. The molecule has 1 amide bonds. The Morgan fingerprint density at radius 1 is 1.07 bits per heavy atom. The lowest BCUT2D eigenvalue weighted by Crippen LogP contribution is -2.48. The Labute approximate surface area is 162 Å². The van der Waals surface area contributed by atoms with Crippen LogP contribution in [0.25, 0.3) is 5.65 Å². The van der Waals surface area contributed by atoms with Gasteiger partial charge in [0.25, 0.3) is 11.5 Å². The summed E-state index contributed by atoms with van der Waals surface area (Å²) >= 11 is 0. The van der Waals surface area contributed by atoms with Crippen molar-refractivity contribution in [3.8, 4) is 5.75 Å². The smallest absolute Gasteiger partial charge is 0.258 e. The van der Waals surface area contributed by atoms with E-state index in [0.29, 0.717) is 36.6 Å². The summed E-state index contributed by atoms with van der Waals surface area (Å²) in [5, 5.41) is 0. The number of hydrogen-bond donors (Lipinski definition) is 0. The number of nitrogens with zero attached hydrogens (tertiary/aromatic N) is 4. The van der Waals surface area contributed by atoms with E-state index in [9.17, 15) is 9.59 Å². The van der Waals surface area contributed by atoms with Crippen LogP contribution in [-0.4, -0.2) is 58.4 Å². The second-order valence-electron chi connectivity index (χ2n) is 6.78. The molecule has 0 unspecified atom stereocenters. The summed E-state index contributed by atoms with van der Waals surface area (Å²) in [6.45, 7) is 3.32. The van der Waals surface area contributed by atoms with E-state index in [1.165, 1.54) is 4.40 Å². The van der Waals surface area contributed by atoms with E-state index in [1.54, 1.807) is 31.5 Å². The number of carbonyl (C=O) groups excluding carboxylic acids is 1. The number of pyridine rings is 1. The van der Waals surface area contributed by atoms with Crippen molar-refractivity contribution >= 4 is 11.6 Å². The average Bonchev–Trinajstić information content (AvgIpc) is 2.74. The van der Waals surface area contributed by atoms with Gasteiger partial charge in [0.1, 0.15) is 11.4 Å². The van der Waals surface area contributed by atoms with Gasteiger partial charge in [0, 0.05) is 45.0 Å². The van der Waals surface area contributed by atoms with Crippen molar-refractivity contribution in [2.24, 2.45) is 0 Å². The second kappa shape index (κ2) is 7.82. The van der Waals surface area contributed by atoms with Crippen LogP contribution < -0.4 is 10.3 Å². The summed E-state index contributed by atoms with van der Waals surface area (Å²) in [4.78, 5) is 33.7. The zero-order valence-corrected chi connectivity index (χ0v) is 15.7. The maximum absolute atomic E-state index is 12.8. The number of fused-ring (bicyclic) bond motifs is 1. The Hall–Kier alpha value is -3.19. The minimum absolute atomic E-state index is 0.0147. The van der Waals surface area contributed by atoms with Gasteiger partial charge in [-0.25, -0.2) is 4.98 Å². The molecule has 0 radical (unpaired) electrons. The summed E-state index contributed by atoms with van der Waals surface area (Å²) in [6.07, 6.45) is 1.72. The predicted molar refractivity (Wildman–Crippen MR) is 106 cm³/mol. The van der Waals surface area contributed by atoms with Crippen LogP contribution in [0.2, 0.25) is 0 Å². The number of piperazine rings is 1. The van der Waals surface area contributed by atoms with E-state index < -0.39 is 0 Å². The lowest BCUT2D eigenvalue weighted by Gasteiger charge is -2.34. The van der Waals surface area contributed by atoms with E-state index >= 15 is 0 Å². The van der Waals surface area contributed by atoms with Gasteiger partial charge >= 0.3 is 0 Å². The van der Waals surface area contributed by atoms with Gasteiger partial charge in [-0.3, -0.25) is 18.9 Å². The number of ether oxygens (including phenoxy) is 1. The molecular weight excluding hydrogens is 356 g/mol. The summed E-state index contributed by atoms with van der Waals surface area (Å²) in [5.74, 6) is 0.579. The van der Waals surface area contributed by atoms with Gasteiger partial charge in [0.05, 0.1) is 18.4 Å². The Balaban J connectivity index is 1.42. The van der Waals surface area contributed by atoms with Crippen molar-refractivity contribution in [1.82, 2.24) is 19.2 Å². The van der Waals surface area contributed by atoms with Gasteiger partial charge < -0.3 is 9.64 Å². The summed E-state index contributed by atoms with van der Waals surface area (Å²) in [6, 6.07) is 14.4. The van der Waals surface area contributed by atoms with E-state index in [1.807, 2.05) is 35.2 Å². The van der Waals surface area contributed by atoms with E-state index in [-0.39, 0.29) is 11.5 Å². The molecule has 0 spiro atoms. The van der Waals surface area contributed by atoms with Crippen LogP contribution in [0.1, 0.15) is 16.1 Å². The molecule has 7 nitrogen and oxygen atoms in total. The van der Waals surface area contributed by atoms with E-state index in [4.69, 9.17) is 4.74 Å². The van der Waals surface area contributed by atoms with Crippen LogP contribution in [0.3, 0.4) is 0 Å². The average molecular weight is 378 g/mol. The van der Waals surface area contributed by atoms with Crippen molar-refractivity contribution in [1.29, 1.82) is 0 Å². The van der Waals surface area contributed by atoms with E-state index in [2.05, 4.69) is 9.88 Å². The Morgan fingerprint density at radius 2 is 1.82 bits per heavy atom. The maximum atomic E-state index is 12.8. The Kier molecular flexibility index (Phi) is 5.08. The molecule has 1 aliphatic heterocycles. The van der Waals surface area contributed by atoms with Gasteiger partial charge in [0.15, 0.2) is 0 Å². The third-order valence-corrected chi connectivity index (χ3v) is 5.01. The number of aromatic nitrogens is 2. The highest BCUT2D eigenvalue weighted by Gasteiger charge is 2.24. The number of hydrogen-bond acceptors (Lipinski definition) is 5. The van der Waals surface area contributed by atoms with Gasteiger partial charge in [-0.15, -0.1) is 0 Å². The molecule has 1 fully saturated rings. The third kappa shape index (κ3) is 3.61. The van der Waals surface area contributed by atoms with Crippen molar-refractivity contribution in [2.75, 3.05) is 33.3 Å². The van der Waals surface area contributed by atoms with Gasteiger partial charge in [-0.1, -0.05) is 18.2 Å². The lowest BCUT2D eigenvalue weighted by atomic mass is 10.1. The highest BCUT2D eigenvalue weighted by molar-refractivity contribution is 5.97. The quantitative estimate of drug-likeness (QED) is 0.691. The number of para-hydroxylation sites is 1. The fourth-order valence-corrected chi connectivity index (χ4v) is 3.51. The molecular formula is C21H22N4O3. The van der Waals surface area contributed by atoms with Crippen LogP contribution in [-0.2, 0) is 6.54 Å². The summed E-state index contributed by atoms with van der Waals surface area (Å²) in [7, 11) is 1.57. The van der Waals surface area contributed by atoms with Crippen LogP contribution in [0.5, 0.6) is 5.75 Å².